The van der Waals surface area contributed by atoms with E-state index in [4.69, 9.17) is 9.47 Å². The fraction of sp³-hybridized carbons (Fsp3) is 0.174. The molecule has 0 radical (unpaired) electrons. The predicted octanol–water partition coefficient (Wildman–Crippen LogP) is 5.71. The highest BCUT2D eigenvalue weighted by Crippen LogP contribution is 2.36. The number of hydrogen-bond donors (Lipinski definition) is 0. The molecule has 0 aliphatic rings. The van der Waals surface area contributed by atoms with Crippen molar-refractivity contribution in [1.29, 1.82) is 0 Å². The van der Waals surface area contributed by atoms with E-state index in [1.54, 1.807) is 17.7 Å². The minimum atomic E-state index is -0.491. The summed E-state index contributed by atoms with van der Waals surface area (Å²) in [5, 5.41) is 1.95. The summed E-state index contributed by atoms with van der Waals surface area (Å²) in [7, 11) is 0. The lowest BCUT2D eigenvalue weighted by Gasteiger charge is -2.08. The molecule has 2 aromatic heterocycles. The summed E-state index contributed by atoms with van der Waals surface area (Å²) in [5.41, 5.74) is 2.27. The van der Waals surface area contributed by atoms with Gasteiger partial charge in [-0.25, -0.2) is 9.78 Å². The first-order chi connectivity index (χ1) is 14.5. The summed E-state index contributed by atoms with van der Waals surface area (Å²) in [4.78, 5) is 29.2. The molecule has 0 amide bonds. The fourth-order valence-electron chi connectivity index (χ4n) is 3.58. The number of ether oxygens (including phenoxy) is 2. The standard InChI is InChI=1S/C23H19BrN2O4/c1-3-29-23(28)22-18(12-24)21-17-11-16(30-15-7-5-4-6-8-15)9-10-19(17)26(14(2)27)20(21)13-25-22/h4-11,13H,3,12H2,1-2H3. The van der Waals surface area contributed by atoms with Crippen LogP contribution in [0.25, 0.3) is 21.8 Å². The van der Waals surface area contributed by atoms with Gasteiger partial charge in [0.15, 0.2) is 5.69 Å². The number of nitrogens with zero attached hydrogens (tertiary/aromatic N) is 2. The van der Waals surface area contributed by atoms with Gasteiger partial charge in [0.25, 0.3) is 0 Å². The maximum atomic E-state index is 12.4. The minimum absolute atomic E-state index is 0.141. The van der Waals surface area contributed by atoms with Crippen LogP contribution in [0.15, 0.2) is 54.7 Å². The molecule has 0 atom stereocenters. The smallest absolute Gasteiger partial charge is 0.357 e. The van der Waals surface area contributed by atoms with E-state index in [9.17, 15) is 9.59 Å². The second kappa shape index (κ2) is 8.28. The van der Waals surface area contributed by atoms with Crippen LogP contribution < -0.4 is 4.74 Å². The molecule has 0 N–H and O–H groups in total. The number of hydrogen-bond acceptors (Lipinski definition) is 5. The average molecular weight is 467 g/mol. The second-order valence-corrected chi connectivity index (χ2v) is 7.21. The van der Waals surface area contributed by atoms with E-state index in [0.717, 1.165) is 16.3 Å². The summed E-state index contributed by atoms with van der Waals surface area (Å²) >= 11 is 3.48. The van der Waals surface area contributed by atoms with E-state index >= 15 is 0 Å². The number of para-hydroxylation sites is 1. The zero-order valence-corrected chi connectivity index (χ0v) is 18.1. The van der Waals surface area contributed by atoms with Crippen LogP contribution in [0.2, 0.25) is 0 Å². The molecule has 152 valence electrons. The van der Waals surface area contributed by atoms with Crippen LogP contribution in [0.4, 0.5) is 0 Å². The normalized spacial score (nSPS) is 11.0. The number of halogens is 1. The molecule has 4 rings (SSSR count). The van der Waals surface area contributed by atoms with Gasteiger partial charge in [-0.1, -0.05) is 34.1 Å². The van der Waals surface area contributed by atoms with Crippen LogP contribution in [-0.4, -0.2) is 28.0 Å². The molecular weight excluding hydrogens is 448 g/mol. The molecule has 0 saturated carbocycles. The highest BCUT2D eigenvalue weighted by atomic mass is 79.9. The van der Waals surface area contributed by atoms with Gasteiger partial charge < -0.3 is 9.47 Å². The van der Waals surface area contributed by atoms with E-state index in [0.29, 0.717) is 27.9 Å². The third kappa shape index (κ3) is 3.45. The van der Waals surface area contributed by atoms with Gasteiger partial charge >= 0.3 is 5.97 Å². The van der Waals surface area contributed by atoms with Crippen molar-refractivity contribution in [2.75, 3.05) is 6.61 Å². The highest BCUT2D eigenvalue weighted by molar-refractivity contribution is 9.08. The van der Waals surface area contributed by atoms with Crippen molar-refractivity contribution in [3.05, 3.63) is 66.0 Å². The highest BCUT2D eigenvalue weighted by Gasteiger charge is 2.23. The SMILES string of the molecule is CCOC(=O)c1ncc2c(c1CBr)c1cc(Oc3ccccc3)ccc1n2C(C)=O. The van der Waals surface area contributed by atoms with E-state index in [1.807, 2.05) is 48.5 Å². The summed E-state index contributed by atoms with van der Waals surface area (Å²) in [6.45, 7) is 3.50. The van der Waals surface area contributed by atoms with Crippen molar-refractivity contribution in [3.8, 4) is 11.5 Å². The molecule has 2 heterocycles. The van der Waals surface area contributed by atoms with E-state index < -0.39 is 5.97 Å². The van der Waals surface area contributed by atoms with Gasteiger partial charge in [0.05, 0.1) is 23.8 Å². The van der Waals surface area contributed by atoms with Gasteiger partial charge in [0.1, 0.15) is 11.5 Å². The Labute approximate surface area is 181 Å². The summed E-state index contributed by atoms with van der Waals surface area (Å²) in [5.74, 6) is 0.709. The van der Waals surface area contributed by atoms with Crippen LogP contribution in [0.1, 0.15) is 34.7 Å². The van der Waals surface area contributed by atoms with Crippen molar-refractivity contribution in [1.82, 2.24) is 9.55 Å². The summed E-state index contributed by atoms with van der Waals surface area (Å²) < 4.78 is 12.8. The maximum absolute atomic E-state index is 12.4. The van der Waals surface area contributed by atoms with Crippen LogP contribution in [-0.2, 0) is 10.1 Å². The fourth-order valence-corrected chi connectivity index (χ4v) is 4.13. The third-order valence-electron chi connectivity index (χ3n) is 4.78. The number of esters is 1. The quantitative estimate of drug-likeness (QED) is 0.278. The molecule has 7 heteroatoms. The summed E-state index contributed by atoms with van der Waals surface area (Å²) in [6.07, 6.45) is 1.55. The maximum Gasteiger partial charge on any atom is 0.357 e. The first-order valence-corrected chi connectivity index (χ1v) is 10.6. The van der Waals surface area contributed by atoms with Gasteiger partial charge in [-0.3, -0.25) is 9.36 Å². The zero-order chi connectivity index (χ0) is 21.3. The Morgan fingerprint density at radius 2 is 1.83 bits per heavy atom. The minimum Gasteiger partial charge on any atom is -0.461 e. The molecule has 0 aliphatic heterocycles. The Morgan fingerprint density at radius 3 is 2.50 bits per heavy atom. The Kier molecular flexibility index (Phi) is 5.55. The van der Waals surface area contributed by atoms with Gasteiger partial charge in [0, 0.05) is 28.6 Å². The third-order valence-corrected chi connectivity index (χ3v) is 5.34. The topological polar surface area (TPSA) is 70.4 Å². The molecule has 0 bridgehead atoms. The van der Waals surface area contributed by atoms with Crippen molar-refractivity contribution in [2.45, 2.75) is 19.2 Å². The van der Waals surface area contributed by atoms with E-state index in [2.05, 4.69) is 20.9 Å². The van der Waals surface area contributed by atoms with E-state index in [1.165, 1.54) is 6.92 Å². The van der Waals surface area contributed by atoms with Crippen LogP contribution >= 0.6 is 15.9 Å². The van der Waals surface area contributed by atoms with Gasteiger partial charge in [-0.2, -0.15) is 0 Å². The first-order valence-electron chi connectivity index (χ1n) is 9.48. The molecule has 0 spiro atoms. The molecule has 0 saturated heterocycles. The van der Waals surface area contributed by atoms with Crippen LogP contribution in [0, 0.1) is 0 Å². The lowest BCUT2D eigenvalue weighted by Crippen LogP contribution is -2.11. The van der Waals surface area contributed by atoms with Crippen molar-refractivity contribution < 1.29 is 19.1 Å². The molecule has 0 unspecified atom stereocenters. The lowest BCUT2D eigenvalue weighted by atomic mass is 10.1. The predicted molar refractivity (Wildman–Crippen MR) is 119 cm³/mol. The molecule has 2 aromatic carbocycles. The van der Waals surface area contributed by atoms with Gasteiger partial charge in [-0.15, -0.1) is 0 Å². The van der Waals surface area contributed by atoms with Gasteiger partial charge in [-0.05, 0) is 37.3 Å². The van der Waals surface area contributed by atoms with Crippen molar-refractivity contribution in [3.63, 3.8) is 0 Å². The lowest BCUT2D eigenvalue weighted by molar-refractivity contribution is 0.0518. The van der Waals surface area contributed by atoms with Crippen molar-refractivity contribution in [2.24, 2.45) is 0 Å². The molecule has 6 nitrogen and oxygen atoms in total. The molecule has 4 aromatic rings. The Morgan fingerprint density at radius 1 is 1.07 bits per heavy atom. The molecule has 0 aliphatic carbocycles. The largest absolute Gasteiger partial charge is 0.461 e. The number of aromatic nitrogens is 2. The number of carbonyl (C=O) groups is 2. The Bertz CT molecular complexity index is 1260. The Hall–Kier alpha value is -3.19. The number of benzene rings is 2. The molecule has 30 heavy (non-hydrogen) atoms. The summed E-state index contributed by atoms with van der Waals surface area (Å²) in [6, 6.07) is 15.0. The monoisotopic (exact) mass is 466 g/mol. The number of carbonyl (C=O) groups excluding carboxylic acids is 2. The number of alkyl halides is 1. The number of fused-ring (bicyclic) bond motifs is 3. The Balaban J connectivity index is 1.99. The molecule has 0 fully saturated rings. The van der Waals surface area contributed by atoms with Crippen LogP contribution in [0.5, 0.6) is 11.5 Å². The van der Waals surface area contributed by atoms with Gasteiger partial charge in [0.2, 0.25) is 5.91 Å². The second-order valence-electron chi connectivity index (χ2n) is 6.65. The number of pyridine rings is 1. The van der Waals surface area contributed by atoms with Crippen LogP contribution in [0.3, 0.4) is 0 Å². The molecular formula is C23H19BrN2O4. The first kappa shape index (κ1) is 20.1. The van der Waals surface area contributed by atoms with Crippen molar-refractivity contribution >= 4 is 49.6 Å². The number of rotatable bonds is 5. The zero-order valence-electron chi connectivity index (χ0n) is 16.5. The van der Waals surface area contributed by atoms with E-state index in [-0.39, 0.29) is 18.2 Å². The average Bonchev–Trinajstić information content (AvgIpc) is 3.08.